The van der Waals surface area contributed by atoms with E-state index >= 15 is 0 Å². The van der Waals surface area contributed by atoms with Crippen molar-refractivity contribution in [3.05, 3.63) is 40.6 Å². The summed E-state index contributed by atoms with van der Waals surface area (Å²) in [6, 6.07) is 8.71. The number of anilines is 2. The van der Waals surface area contributed by atoms with Gasteiger partial charge in [0.15, 0.2) is 6.61 Å². The third-order valence-electron chi connectivity index (χ3n) is 2.62. The lowest BCUT2D eigenvalue weighted by Gasteiger charge is -2.18. The number of hydrogen-bond acceptors (Lipinski definition) is 4. The van der Waals surface area contributed by atoms with E-state index in [4.69, 9.17) is 4.74 Å². The number of hydrogen-bond donors (Lipinski definition) is 2. The Bertz CT molecular complexity index is 637. The highest BCUT2D eigenvalue weighted by Crippen LogP contribution is 2.30. The highest BCUT2D eigenvalue weighted by atomic mass is 32.1. The summed E-state index contributed by atoms with van der Waals surface area (Å²) >= 11 is 1.37. The Balaban J connectivity index is 1.81. The molecule has 0 unspecified atom stereocenters. The summed E-state index contributed by atoms with van der Waals surface area (Å²) in [5.41, 5.74) is 1.18. The van der Waals surface area contributed by atoms with Gasteiger partial charge in [0, 0.05) is 5.69 Å². The first-order valence-corrected chi connectivity index (χ1v) is 6.52. The zero-order valence-corrected chi connectivity index (χ0v) is 10.6. The van der Waals surface area contributed by atoms with E-state index in [9.17, 15) is 9.59 Å². The molecule has 0 aliphatic carbocycles. The van der Waals surface area contributed by atoms with Gasteiger partial charge in [0.2, 0.25) is 0 Å². The summed E-state index contributed by atoms with van der Waals surface area (Å²) in [4.78, 5) is 23.7. The smallest absolute Gasteiger partial charge is 0.265 e. The first-order valence-electron chi connectivity index (χ1n) is 5.64. The van der Waals surface area contributed by atoms with Gasteiger partial charge < -0.3 is 15.4 Å². The fourth-order valence-corrected chi connectivity index (χ4v) is 2.38. The molecule has 1 aromatic heterocycles. The molecule has 3 rings (SSSR count). The van der Waals surface area contributed by atoms with Crippen molar-refractivity contribution in [2.45, 2.75) is 0 Å². The minimum atomic E-state index is -0.200. The lowest BCUT2D eigenvalue weighted by Crippen LogP contribution is -2.25. The first kappa shape index (κ1) is 11.7. The van der Waals surface area contributed by atoms with Gasteiger partial charge in [0.1, 0.15) is 5.75 Å². The number of amides is 2. The summed E-state index contributed by atoms with van der Waals surface area (Å²) in [7, 11) is 0. The molecule has 2 amide bonds. The van der Waals surface area contributed by atoms with Gasteiger partial charge >= 0.3 is 0 Å². The van der Waals surface area contributed by atoms with Crippen molar-refractivity contribution in [3.8, 4) is 5.75 Å². The largest absolute Gasteiger partial charge is 0.482 e. The van der Waals surface area contributed by atoms with Crippen LogP contribution in [0.15, 0.2) is 35.7 Å². The average molecular weight is 274 g/mol. The Kier molecular flexibility index (Phi) is 2.92. The molecule has 1 aliphatic rings. The highest BCUT2D eigenvalue weighted by Gasteiger charge is 2.16. The zero-order chi connectivity index (χ0) is 13.2. The molecule has 2 heterocycles. The van der Waals surface area contributed by atoms with Crippen molar-refractivity contribution in [1.29, 1.82) is 0 Å². The number of ether oxygens (including phenoxy) is 1. The molecule has 19 heavy (non-hydrogen) atoms. The number of rotatable bonds is 2. The molecule has 0 saturated carbocycles. The molecule has 1 aliphatic heterocycles. The van der Waals surface area contributed by atoms with Gasteiger partial charge in [-0.25, -0.2) is 0 Å². The van der Waals surface area contributed by atoms with E-state index in [0.29, 0.717) is 22.0 Å². The van der Waals surface area contributed by atoms with Crippen LogP contribution in [-0.4, -0.2) is 18.4 Å². The number of carbonyl (C=O) groups excluding carboxylic acids is 2. The number of thiophene rings is 1. The van der Waals surface area contributed by atoms with E-state index in [0.717, 1.165) is 0 Å². The predicted octanol–water partition coefficient (Wildman–Crippen LogP) is 2.33. The molecule has 0 atom stereocenters. The van der Waals surface area contributed by atoms with Crippen LogP contribution in [0.25, 0.3) is 0 Å². The third-order valence-corrected chi connectivity index (χ3v) is 3.48. The molecule has 5 nitrogen and oxygen atoms in total. The van der Waals surface area contributed by atoms with E-state index in [1.807, 2.05) is 11.4 Å². The van der Waals surface area contributed by atoms with Crippen molar-refractivity contribution < 1.29 is 14.3 Å². The quantitative estimate of drug-likeness (QED) is 0.883. The molecule has 0 saturated heterocycles. The first-order chi connectivity index (χ1) is 9.22. The monoisotopic (exact) mass is 274 g/mol. The summed E-state index contributed by atoms with van der Waals surface area (Å²) in [6.07, 6.45) is 0. The van der Waals surface area contributed by atoms with Gasteiger partial charge in [0.25, 0.3) is 11.8 Å². The predicted molar refractivity (Wildman–Crippen MR) is 72.8 cm³/mol. The van der Waals surface area contributed by atoms with Crippen molar-refractivity contribution in [1.82, 2.24) is 0 Å². The summed E-state index contributed by atoms with van der Waals surface area (Å²) in [6.45, 7) is 0.0217. The molecule has 0 spiro atoms. The van der Waals surface area contributed by atoms with Crippen LogP contribution in [0.3, 0.4) is 0 Å². The van der Waals surface area contributed by atoms with Crippen LogP contribution in [0.2, 0.25) is 0 Å². The van der Waals surface area contributed by atoms with Gasteiger partial charge in [-0.2, -0.15) is 0 Å². The molecule has 0 radical (unpaired) electrons. The second kappa shape index (κ2) is 4.74. The maximum Gasteiger partial charge on any atom is 0.265 e. The van der Waals surface area contributed by atoms with Crippen molar-refractivity contribution in [3.63, 3.8) is 0 Å². The number of fused-ring (bicyclic) bond motifs is 1. The van der Waals surface area contributed by atoms with Crippen molar-refractivity contribution >= 4 is 34.5 Å². The second-order valence-electron chi connectivity index (χ2n) is 3.98. The van der Waals surface area contributed by atoms with Crippen LogP contribution >= 0.6 is 11.3 Å². The number of carbonyl (C=O) groups is 2. The Morgan fingerprint density at radius 3 is 3.05 bits per heavy atom. The van der Waals surface area contributed by atoms with Crippen LogP contribution in [0.1, 0.15) is 9.67 Å². The van der Waals surface area contributed by atoms with Crippen LogP contribution in [0.5, 0.6) is 5.75 Å². The van der Waals surface area contributed by atoms with E-state index < -0.39 is 0 Å². The lowest BCUT2D eigenvalue weighted by atomic mass is 10.2. The van der Waals surface area contributed by atoms with Crippen molar-refractivity contribution in [2.75, 3.05) is 17.2 Å². The maximum atomic E-state index is 11.9. The van der Waals surface area contributed by atoms with Crippen LogP contribution < -0.4 is 15.4 Å². The van der Waals surface area contributed by atoms with Crippen molar-refractivity contribution in [2.24, 2.45) is 0 Å². The van der Waals surface area contributed by atoms with Gasteiger partial charge in [-0.3, -0.25) is 9.59 Å². The zero-order valence-electron chi connectivity index (χ0n) is 9.80. The molecule has 2 aromatic rings. The number of benzene rings is 1. The Morgan fingerprint density at radius 2 is 2.26 bits per heavy atom. The van der Waals surface area contributed by atoms with Gasteiger partial charge in [-0.05, 0) is 29.6 Å². The molecule has 0 fully saturated rings. The van der Waals surface area contributed by atoms with Crippen LogP contribution in [0.4, 0.5) is 11.4 Å². The van der Waals surface area contributed by atoms with Crippen LogP contribution in [-0.2, 0) is 4.79 Å². The van der Waals surface area contributed by atoms with Gasteiger partial charge in [0.05, 0.1) is 10.6 Å². The highest BCUT2D eigenvalue weighted by molar-refractivity contribution is 7.12. The second-order valence-corrected chi connectivity index (χ2v) is 4.93. The minimum Gasteiger partial charge on any atom is -0.482 e. The lowest BCUT2D eigenvalue weighted by molar-refractivity contribution is -0.118. The summed E-state index contributed by atoms with van der Waals surface area (Å²) < 4.78 is 5.25. The Hall–Kier alpha value is -2.34. The topological polar surface area (TPSA) is 67.4 Å². The molecule has 1 aromatic carbocycles. The number of nitrogens with one attached hydrogen (secondary N) is 2. The summed E-state index contributed by atoms with van der Waals surface area (Å²) in [5.74, 6) is 0.237. The fourth-order valence-electron chi connectivity index (χ4n) is 1.76. The summed E-state index contributed by atoms with van der Waals surface area (Å²) in [5, 5.41) is 7.31. The Morgan fingerprint density at radius 1 is 1.37 bits per heavy atom. The average Bonchev–Trinajstić information content (AvgIpc) is 2.92. The standard InChI is InChI=1S/C13H10N2O3S/c16-12-7-18-10-4-3-8(6-9(10)15-12)14-13(17)11-2-1-5-19-11/h1-6H,7H2,(H,14,17)(H,15,16). The van der Waals surface area contributed by atoms with E-state index in [1.165, 1.54) is 11.3 Å². The molecular weight excluding hydrogens is 264 g/mol. The third kappa shape index (κ3) is 2.43. The molecule has 0 bridgehead atoms. The van der Waals surface area contributed by atoms with E-state index in [2.05, 4.69) is 10.6 Å². The molecular formula is C13H10N2O3S. The molecule has 2 N–H and O–H groups in total. The normalized spacial score (nSPS) is 13.2. The SMILES string of the molecule is O=C1COc2ccc(NC(=O)c3cccs3)cc2N1. The Labute approximate surface area is 113 Å². The van der Waals surface area contributed by atoms with E-state index in [-0.39, 0.29) is 18.4 Å². The molecule has 96 valence electrons. The van der Waals surface area contributed by atoms with Crippen LogP contribution in [0, 0.1) is 0 Å². The van der Waals surface area contributed by atoms with Gasteiger partial charge in [-0.1, -0.05) is 6.07 Å². The fraction of sp³-hybridized carbons (Fsp3) is 0.0769. The van der Waals surface area contributed by atoms with E-state index in [1.54, 1.807) is 24.3 Å². The molecule has 6 heteroatoms. The minimum absolute atomic E-state index is 0.0217. The van der Waals surface area contributed by atoms with Gasteiger partial charge in [-0.15, -0.1) is 11.3 Å². The maximum absolute atomic E-state index is 11.9.